The van der Waals surface area contributed by atoms with Crippen molar-refractivity contribution >= 4 is 0 Å². The maximum Gasteiger partial charge on any atom is 0.0445 e. The summed E-state index contributed by atoms with van der Waals surface area (Å²) in [5.41, 5.74) is 0. The molecule has 0 radical (unpaired) electrons. The molecule has 0 saturated heterocycles. The van der Waals surface area contributed by atoms with Gasteiger partial charge in [-0.25, -0.2) is 0 Å². The van der Waals surface area contributed by atoms with Gasteiger partial charge in [0.15, 0.2) is 0 Å². The van der Waals surface area contributed by atoms with Gasteiger partial charge in [0.1, 0.15) is 0 Å². The van der Waals surface area contributed by atoms with Gasteiger partial charge in [0, 0.05) is 12.6 Å². The molecular formula is C9H21NO. The molecule has 0 spiro atoms. The van der Waals surface area contributed by atoms with Crippen LogP contribution in [0.3, 0.4) is 0 Å². The zero-order valence-electron chi connectivity index (χ0n) is 7.93. The summed E-state index contributed by atoms with van der Waals surface area (Å²) in [6.45, 7) is 7.90. The predicted octanol–water partition coefficient (Wildman–Crippen LogP) is 1.39. The number of aliphatic hydroxyl groups is 1. The van der Waals surface area contributed by atoms with E-state index in [1.54, 1.807) is 0 Å². The van der Waals surface area contributed by atoms with E-state index < -0.39 is 0 Å². The highest BCUT2D eigenvalue weighted by Crippen LogP contribution is 1.98. The molecule has 0 rings (SSSR count). The molecule has 0 aliphatic heterocycles. The predicted molar refractivity (Wildman–Crippen MR) is 48.6 cm³/mol. The molecule has 2 heteroatoms. The fourth-order valence-electron chi connectivity index (χ4n) is 0.842. The van der Waals surface area contributed by atoms with Crippen molar-refractivity contribution in [2.75, 3.05) is 13.2 Å². The zero-order chi connectivity index (χ0) is 8.69. The second kappa shape index (κ2) is 6.62. The number of hydrogen-bond donors (Lipinski definition) is 2. The summed E-state index contributed by atoms with van der Waals surface area (Å²) >= 11 is 0. The molecule has 2 atom stereocenters. The van der Waals surface area contributed by atoms with Crippen LogP contribution in [0.5, 0.6) is 0 Å². The van der Waals surface area contributed by atoms with E-state index in [4.69, 9.17) is 5.11 Å². The first-order valence-corrected chi connectivity index (χ1v) is 4.55. The van der Waals surface area contributed by atoms with E-state index in [9.17, 15) is 0 Å². The molecule has 0 aliphatic carbocycles. The second-order valence-corrected chi connectivity index (χ2v) is 3.33. The van der Waals surface area contributed by atoms with Crippen molar-refractivity contribution in [1.29, 1.82) is 0 Å². The van der Waals surface area contributed by atoms with Crippen molar-refractivity contribution in [3.8, 4) is 0 Å². The first-order chi connectivity index (χ1) is 5.20. The molecular weight excluding hydrogens is 138 g/mol. The lowest BCUT2D eigenvalue weighted by Crippen LogP contribution is -2.30. The van der Waals surface area contributed by atoms with Gasteiger partial charge in [-0.15, -0.1) is 0 Å². The molecule has 0 bridgehead atoms. The quantitative estimate of drug-likeness (QED) is 0.614. The van der Waals surface area contributed by atoms with Crippen LogP contribution in [0.15, 0.2) is 0 Å². The minimum absolute atomic E-state index is 0.286. The van der Waals surface area contributed by atoms with Gasteiger partial charge in [0.2, 0.25) is 0 Å². The van der Waals surface area contributed by atoms with Crippen LogP contribution >= 0.6 is 0 Å². The summed E-state index contributed by atoms with van der Waals surface area (Å²) in [5, 5.41) is 12.0. The van der Waals surface area contributed by atoms with Gasteiger partial charge in [0.25, 0.3) is 0 Å². The maximum atomic E-state index is 8.62. The summed E-state index contributed by atoms with van der Waals surface area (Å²) < 4.78 is 0. The summed E-state index contributed by atoms with van der Waals surface area (Å²) in [6, 6.07) is 0.453. The number of hydrogen-bond acceptors (Lipinski definition) is 2. The van der Waals surface area contributed by atoms with E-state index in [2.05, 4.69) is 26.1 Å². The molecule has 68 valence electrons. The molecule has 11 heavy (non-hydrogen) atoms. The normalized spacial score (nSPS) is 16.4. The smallest absolute Gasteiger partial charge is 0.0445 e. The van der Waals surface area contributed by atoms with Crippen molar-refractivity contribution < 1.29 is 5.11 Å². The molecule has 0 saturated carbocycles. The fraction of sp³-hybridized carbons (Fsp3) is 1.00. The lowest BCUT2D eigenvalue weighted by Gasteiger charge is -2.15. The first-order valence-electron chi connectivity index (χ1n) is 4.55. The Morgan fingerprint density at radius 2 is 2.00 bits per heavy atom. The minimum Gasteiger partial charge on any atom is -0.396 e. The average molecular weight is 159 g/mol. The molecule has 0 aromatic heterocycles. The number of nitrogens with one attached hydrogen (secondary N) is 1. The van der Waals surface area contributed by atoms with Crippen molar-refractivity contribution in [3.05, 3.63) is 0 Å². The van der Waals surface area contributed by atoms with Gasteiger partial charge in [-0.05, 0) is 25.8 Å². The summed E-state index contributed by atoms with van der Waals surface area (Å²) in [4.78, 5) is 0. The van der Waals surface area contributed by atoms with Crippen LogP contribution < -0.4 is 5.32 Å². The van der Waals surface area contributed by atoms with Crippen LogP contribution in [0.4, 0.5) is 0 Å². The molecule has 2 unspecified atom stereocenters. The van der Waals surface area contributed by atoms with Crippen LogP contribution in [0.25, 0.3) is 0 Å². The third-order valence-corrected chi connectivity index (χ3v) is 2.07. The highest BCUT2D eigenvalue weighted by Gasteiger charge is 2.02. The lowest BCUT2D eigenvalue weighted by molar-refractivity contribution is 0.266. The highest BCUT2D eigenvalue weighted by atomic mass is 16.3. The second-order valence-electron chi connectivity index (χ2n) is 3.33. The zero-order valence-corrected chi connectivity index (χ0v) is 7.93. The average Bonchev–Trinajstić information content (AvgIpc) is 2.01. The SMILES string of the molecule is CCC(C)CNC(C)CCO. The van der Waals surface area contributed by atoms with Gasteiger partial charge >= 0.3 is 0 Å². The largest absolute Gasteiger partial charge is 0.396 e. The van der Waals surface area contributed by atoms with Gasteiger partial charge < -0.3 is 10.4 Å². The summed E-state index contributed by atoms with van der Waals surface area (Å²) in [7, 11) is 0. The fourth-order valence-corrected chi connectivity index (χ4v) is 0.842. The number of rotatable bonds is 6. The lowest BCUT2D eigenvalue weighted by atomic mass is 10.1. The van der Waals surface area contributed by atoms with Gasteiger partial charge in [-0.1, -0.05) is 20.3 Å². The molecule has 0 fully saturated rings. The Bertz CT molecular complexity index is 85.6. The van der Waals surface area contributed by atoms with E-state index in [1.165, 1.54) is 6.42 Å². The van der Waals surface area contributed by atoms with Crippen LogP contribution in [-0.4, -0.2) is 24.3 Å². The Kier molecular flexibility index (Phi) is 6.57. The van der Waals surface area contributed by atoms with Crippen LogP contribution in [0.2, 0.25) is 0 Å². The van der Waals surface area contributed by atoms with Crippen LogP contribution in [0.1, 0.15) is 33.6 Å². The molecule has 0 aromatic carbocycles. The van der Waals surface area contributed by atoms with Crippen molar-refractivity contribution in [2.24, 2.45) is 5.92 Å². The van der Waals surface area contributed by atoms with Crippen molar-refractivity contribution in [2.45, 2.75) is 39.7 Å². The minimum atomic E-state index is 0.286. The van der Waals surface area contributed by atoms with Gasteiger partial charge in [0.05, 0.1) is 0 Å². The molecule has 2 nitrogen and oxygen atoms in total. The molecule has 0 amide bonds. The highest BCUT2D eigenvalue weighted by molar-refractivity contribution is 4.62. The summed E-state index contributed by atoms with van der Waals surface area (Å²) in [5.74, 6) is 0.746. The maximum absolute atomic E-state index is 8.62. The molecule has 2 N–H and O–H groups in total. The Morgan fingerprint density at radius 3 is 2.45 bits per heavy atom. The van der Waals surface area contributed by atoms with E-state index >= 15 is 0 Å². The van der Waals surface area contributed by atoms with Gasteiger partial charge in [-0.3, -0.25) is 0 Å². The van der Waals surface area contributed by atoms with E-state index in [0.717, 1.165) is 18.9 Å². The Morgan fingerprint density at radius 1 is 1.36 bits per heavy atom. The van der Waals surface area contributed by atoms with Crippen LogP contribution in [0, 0.1) is 5.92 Å². The Labute approximate surface area is 70.0 Å². The Hall–Kier alpha value is -0.0800. The Balaban J connectivity index is 3.22. The van der Waals surface area contributed by atoms with E-state index in [-0.39, 0.29) is 6.61 Å². The topological polar surface area (TPSA) is 32.3 Å². The van der Waals surface area contributed by atoms with Gasteiger partial charge in [-0.2, -0.15) is 0 Å². The molecule has 0 aliphatic rings. The van der Waals surface area contributed by atoms with E-state index in [1.807, 2.05) is 0 Å². The van der Waals surface area contributed by atoms with E-state index in [0.29, 0.717) is 6.04 Å². The standard InChI is InChI=1S/C9H21NO/c1-4-8(2)7-10-9(3)5-6-11/h8-11H,4-7H2,1-3H3. The van der Waals surface area contributed by atoms with Crippen molar-refractivity contribution in [3.63, 3.8) is 0 Å². The van der Waals surface area contributed by atoms with Crippen LogP contribution in [-0.2, 0) is 0 Å². The third kappa shape index (κ3) is 6.32. The monoisotopic (exact) mass is 159 g/mol. The van der Waals surface area contributed by atoms with Crippen molar-refractivity contribution in [1.82, 2.24) is 5.32 Å². The molecule has 0 aromatic rings. The third-order valence-electron chi connectivity index (χ3n) is 2.07. The number of aliphatic hydroxyl groups excluding tert-OH is 1. The molecule has 0 heterocycles. The summed E-state index contributed by atoms with van der Waals surface area (Å²) in [6.07, 6.45) is 2.08. The first kappa shape index (κ1) is 10.9.